The molecule has 0 bridgehead atoms. The second-order valence-corrected chi connectivity index (χ2v) is 1.22. The van der Waals surface area contributed by atoms with E-state index in [1.807, 2.05) is 0 Å². The van der Waals surface area contributed by atoms with Crippen molar-refractivity contribution in [2.24, 2.45) is 0 Å². The van der Waals surface area contributed by atoms with E-state index in [-0.39, 0.29) is 148 Å². The molecule has 0 unspecified atom stereocenters. The Bertz CT molecular complexity index is 113. The van der Waals surface area contributed by atoms with Crippen LogP contribution in [0.5, 0.6) is 0 Å². The van der Waals surface area contributed by atoms with Crippen LogP contribution in [0.1, 0.15) is 0 Å². The van der Waals surface area contributed by atoms with Crippen LogP contribution in [-0.2, 0) is 30.4 Å². The first kappa shape index (κ1) is 43.3. The third kappa shape index (κ3) is 110. The van der Waals surface area contributed by atoms with Crippen LogP contribution in [0, 0.1) is 0 Å². The van der Waals surface area contributed by atoms with Crippen LogP contribution < -0.4 is 93.3 Å². The molecule has 0 saturated carbocycles. The first-order valence-corrected chi connectivity index (χ1v) is 4.02. The summed E-state index contributed by atoms with van der Waals surface area (Å²) in [4.78, 5) is 0. The van der Waals surface area contributed by atoms with Crippen LogP contribution in [0.2, 0.25) is 0 Å². The van der Waals surface area contributed by atoms with Gasteiger partial charge in [0, 0.05) is 10.4 Å². The first-order valence-electron chi connectivity index (χ1n) is 0.781. The molecule has 0 radical (unpaired) electrons. The third-order valence-electron chi connectivity index (χ3n) is 0. The maximum Gasteiger partial charge on any atom is 1.00 e. The van der Waals surface area contributed by atoms with E-state index in [0.717, 1.165) is 0 Å². The van der Waals surface area contributed by atoms with Gasteiger partial charge < -0.3 is 27.0 Å². The van der Waals surface area contributed by atoms with E-state index in [1.54, 1.807) is 0 Å². The van der Waals surface area contributed by atoms with Gasteiger partial charge in [0.15, 0.2) is 0 Å². The summed E-state index contributed by atoms with van der Waals surface area (Å²) in [5.41, 5.74) is 0. The topological polar surface area (TPSA) is 110 Å². The summed E-state index contributed by atoms with van der Waals surface area (Å²) >= 11 is 2.42. The monoisotopic (exact) mass is 490 g/mol. The minimum Gasteiger partial charge on any atom is -0.870 e. The van der Waals surface area contributed by atoms with E-state index >= 15 is 0 Å². The zero-order valence-electron chi connectivity index (χ0n) is 6.25. The maximum absolute atomic E-state index is 8.52. The molecular weight excluding hydrogens is 490 g/mol. The third-order valence-corrected chi connectivity index (χ3v) is 0. The van der Waals surface area contributed by atoms with Crippen LogP contribution in [0.4, 0.5) is 0 Å². The van der Waals surface area contributed by atoms with Crippen molar-refractivity contribution in [3.8, 4) is 0 Å². The summed E-state index contributed by atoms with van der Waals surface area (Å²) in [5.74, 6) is 0. The van der Waals surface area contributed by atoms with Gasteiger partial charge >= 0.3 is 159 Å². The average molecular weight is 491 g/mol. The van der Waals surface area contributed by atoms with Gasteiger partial charge in [-0.3, -0.25) is 8.42 Å². The summed E-state index contributed by atoms with van der Waals surface area (Å²) in [6.07, 6.45) is 0. The molecule has 0 atom stereocenters. The van der Waals surface area contributed by atoms with Gasteiger partial charge in [-0.15, -0.1) is 0 Å². The molecule has 0 aromatic carbocycles. The molecule has 5 nitrogen and oxygen atoms in total. The van der Waals surface area contributed by atoms with Crippen molar-refractivity contribution in [2.45, 2.75) is 0 Å². The summed E-state index contributed by atoms with van der Waals surface area (Å²) in [7, 11) is -0.718. The van der Waals surface area contributed by atoms with Gasteiger partial charge in [0.05, 0.1) is 0 Å². The van der Waals surface area contributed by atoms with Crippen LogP contribution in [0.15, 0.2) is 0 Å². The van der Waals surface area contributed by atoms with E-state index < -0.39 is 10.4 Å². The fraction of sp³-hybridized carbons (Fsp3) is 0. The Hall–Kier alpha value is 5.36. The second-order valence-electron chi connectivity index (χ2n) is 0.408. The van der Waals surface area contributed by atoms with Gasteiger partial charge in [-0.05, 0) is 0 Å². The van der Waals surface area contributed by atoms with Crippen molar-refractivity contribution >= 4 is 68.5 Å². The Kier molecular flexibility index (Phi) is 108. The Morgan fingerprint density at radius 2 is 1.17 bits per heavy atom. The number of rotatable bonds is 0. The molecule has 0 saturated heterocycles. The predicted molar refractivity (Wildman–Crippen MR) is 24.0 cm³/mol. The number of halogens is 2. The van der Waals surface area contributed by atoms with Gasteiger partial charge in [0.25, 0.3) is 0 Å². The summed E-state index contributed by atoms with van der Waals surface area (Å²) < 4.78 is 34.1. The fourth-order valence-corrected chi connectivity index (χ4v) is 0. The molecule has 0 aliphatic carbocycles. The largest absolute Gasteiger partial charge is 1.00 e. The van der Waals surface area contributed by atoms with Crippen LogP contribution >= 0.6 is 9.19 Å². The van der Waals surface area contributed by atoms with E-state index in [9.17, 15) is 0 Å². The summed E-state index contributed by atoms with van der Waals surface area (Å²) in [6, 6.07) is 0. The first-order chi connectivity index (χ1) is 3.00. The molecule has 1 N–H and O–H groups in total. The van der Waals surface area contributed by atoms with Crippen LogP contribution in [0.3, 0.4) is 0 Å². The molecule has 0 spiro atoms. The number of hydrogen-bond acceptors (Lipinski definition) is 5. The zero-order chi connectivity index (χ0) is 6.50. The second kappa shape index (κ2) is 29.9. The quantitative estimate of drug-likeness (QED) is 0.190. The molecule has 12 heteroatoms. The maximum atomic E-state index is 8.52. The van der Waals surface area contributed by atoms with Crippen molar-refractivity contribution in [3.05, 3.63) is 0 Å². The fourth-order valence-electron chi connectivity index (χ4n) is 0. The van der Waals surface area contributed by atoms with Gasteiger partial charge in [0.1, 0.15) is 0 Å². The molecule has 0 heterocycles. The van der Waals surface area contributed by atoms with Gasteiger partial charge in [0.2, 0.25) is 0 Å². The van der Waals surface area contributed by atoms with Crippen molar-refractivity contribution in [3.63, 3.8) is 0 Å². The SMILES string of the molecule is O=S(=O)([O-])[O-].[Ba+2].[Cl-].[Cl][Ag].[K+].[Na+].[OH-]. The van der Waals surface area contributed by atoms with E-state index in [4.69, 9.17) is 17.5 Å². The minimum absolute atomic E-state index is 0. The predicted octanol–water partition coefficient (Wildman–Crippen LogP) is -10.2. The average Bonchev–Trinajstić information content (AvgIpc) is 1.36. The molecule has 0 aliphatic heterocycles. The van der Waals surface area contributed by atoms with Crippen molar-refractivity contribution < 1.29 is 136 Å². The molecular formula is HAgBaCl2KNaO5S. The van der Waals surface area contributed by atoms with Gasteiger partial charge in [-0.25, -0.2) is 0 Å². The van der Waals surface area contributed by atoms with Crippen molar-refractivity contribution in [1.29, 1.82) is 0 Å². The standard InChI is InChI=1S/Ag.Ba.2ClH.K.Na.H2O4S.H2O/c;;;;;;1-5(2,3)4;/h;;2*1H;;;(H2,1,2,3,4);1H2/q+1;+2;;;2*+1;;/p-5. The molecule has 66 valence electrons. The minimum atomic E-state index is -5.17. The Morgan fingerprint density at radius 1 is 1.17 bits per heavy atom. The van der Waals surface area contributed by atoms with E-state index in [0.29, 0.717) is 0 Å². The zero-order valence-corrected chi connectivity index (χ0v) is 19.6. The summed E-state index contributed by atoms with van der Waals surface area (Å²) in [5, 5.41) is 0. The molecule has 0 amide bonds. The molecule has 0 aromatic rings. The van der Waals surface area contributed by atoms with Crippen LogP contribution in [0.25, 0.3) is 0 Å². The molecule has 0 fully saturated rings. The van der Waals surface area contributed by atoms with Crippen LogP contribution in [-0.4, -0.2) is 71.9 Å². The Labute approximate surface area is 199 Å². The summed E-state index contributed by atoms with van der Waals surface area (Å²) in [6.45, 7) is 0. The van der Waals surface area contributed by atoms with Crippen molar-refractivity contribution in [2.75, 3.05) is 0 Å². The van der Waals surface area contributed by atoms with Crippen molar-refractivity contribution in [1.82, 2.24) is 0 Å². The normalized spacial score (nSPS) is 5.42. The molecule has 12 heavy (non-hydrogen) atoms. The van der Waals surface area contributed by atoms with Gasteiger partial charge in [-0.1, -0.05) is 0 Å². The van der Waals surface area contributed by atoms with E-state index in [2.05, 4.69) is 29.2 Å². The smallest absolute Gasteiger partial charge is 0.870 e. The molecule has 0 aliphatic rings. The molecule has 0 rings (SSSR count). The molecule has 0 aromatic heterocycles. The van der Waals surface area contributed by atoms with Gasteiger partial charge in [-0.2, -0.15) is 0 Å². The van der Waals surface area contributed by atoms with E-state index in [1.165, 1.54) is 0 Å². The number of hydrogen-bond donors (Lipinski definition) is 0. The Balaban J connectivity index is -0.00000000671. The Morgan fingerprint density at radius 3 is 1.17 bits per heavy atom.